The van der Waals surface area contributed by atoms with E-state index in [0.29, 0.717) is 6.04 Å². The van der Waals surface area contributed by atoms with Gasteiger partial charge in [-0.25, -0.2) is 4.39 Å². The highest BCUT2D eigenvalue weighted by molar-refractivity contribution is 5.55. The molecule has 0 bridgehead atoms. The first kappa shape index (κ1) is 16.3. The van der Waals surface area contributed by atoms with Gasteiger partial charge in [0.05, 0.1) is 5.69 Å². The highest BCUT2D eigenvalue weighted by Gasteiger charge is 2.22. The number of anilines is 1. The van der Waals surface area contributed by atoms with Gasteiger partial charge in [-0.2, -0.15) is 0 Å². The number of hydrogen-bond donors (Lipinski definition) is 1. The molecule has 0 aromatic heterocycles. The van der Waals surface area contributed by atoms with E-state index in [9.17, 15) is 4.39 Å². The highest BCUT2D eigenvalue weighted by Crippen LogP contribution is 2.30. The average molecular weight is 292 g/mol. The van der Waals surface area contributed by atoms with Gasteiger partial charge in [0.25, 0.3) is 0 Å². The van der Waals surface area contributed by atoms with Gasteiger partial charge in [-0.15, -0.1) is 0 Å². The smallest absolute Gasteiger partial charge is 0.146 e. The largest absolute Gasteiger partial charge is 0.369 e. The number of halogens is 1. The summed E-state index contributed by atoms with van der Waals surface area (Å²) < 4.78 is 14.3. The van der Waals surface area contributed by atoms with Gasteiger partial charge in [0.15, 0.2) is 0 Å². The summed E-state index contributed by atoms with van der Waals surface area (Å²) in [4.78, 5) is 2.25. The molecule has 118 valence electrons. The first-order chi connectivity index (χ1) is 10.1. The van der Waals surface area contributed by atoms with Crippen molar-refractivity contribution in [3.8, 4) is 0 Å². The van der Waals surface area contributed by atoms with E-state index in [-0.39, 0.29) is 5.82 Å². The summed E-state index contributed by atoms with van der Waals surface area (Å²) in [6, 6.07) is 5.87. The molecule has 0 amide bonds. The standard InChI is InChI=1S/C18H29FN2/c1-4-6-15-9-11-21(12-10-15)18-16(13-20-14(2)3)7-5-8-17(18)19/h5,7-8,14-15,20H,4,6,9-13H2,1-3H3. The normalized spacial score (nSPS) is 16.7. The molecule has 1 aromatic carbocycles. The zero-order valence-electron chi connectivity index (χ0n) is 13.7. The maximum atomic E-state index is 14.3. The van der Waals surface area contributed by atoms with Gasteiger partial charge in [0.2, 0.25) is 0 Å². The van der Waals surface area contributed by atoms with Gasteiger partial charge in [0.1, 0.15) is 5.82 Å². The molecule has 0 radical (unpaired) electrons. The van der Waals surface area contributed by atoms with Crippen molar-refractivity contribution in [2.24, 2.45) is 5.92 Å². The van der Waals surface area contributed by atoms with Crippen LogP contribution in [0.3, 0.4) is 0 Å². The van der Waals surface area contributed by atoms with Crippen LogP contribution >= 0.6 is 0 Å². The van der Waals surface area contributed by atoms with Crippen molar-refractivity contribution in [1.82, 2.24) is 5.32 Å². The molecule has 1 aromatic rings. The summed E-state index contributed by atoms with van der Waals surface area (Å²) >= 11 is 0. The predicted molar refractivity (Wildman–Crippen MR) is 88.2 cm³/mol. The molecule has 0 unspecified atom stereocenters. The summed E-state index contributed by atoms with van der Waals surface area (Å²) in [6.45, 7) is 9.20. The molecule has 0 saturated carbocycles. The Morgan fingerprint density at radius 3 is 2.62 bits per heavy atom. The first-order valence-corrected chi connectivity index (χ1v) is 8.37. The van der Waals surface area contributed by atoms with E-state index in [0.717, 1.165) is 36.8 Å². The Balaban J connectivity index is 2.08. The van der Waals surface area contributed by atoms with E-state index in [1.54, 1.807) is 6.07 Å². The molecule has 1 saturated heterocycles. The molecule has 0 aliphatic carbocycles. The minimum Gasteiger partial charge on any atom is -0.369 e. The Morgan fingerprint density at radius 1 is 1.29 bits per heavy atom. The van der Waals surface area contributed by atoms with Crippen LogP contribution in [0, 0.1) is 11.7 Å². The van der Waals surface area contributed by atoms with Gasteiger partial charge < -0.3 is 10.2 Å². The fourth-order valence-electron chi connectivity index (χ4n) is 3.22. The maximum absolute atomic E-state index is 14.3. The van der Waals surface area contributed by atoms with Crippen molar-refractivity contribution in [3.63, 3.8) is 0 Å². The summed E-state index contributed by atoms with van der Waals surface area (Å²) in [5.74, 6) is 0.752. The molecule has 1 heterocycles. The van der Waals surface area contributed by atoms with Gasteiger partial charge in [-0.1, -0.05) is 45.7 Å². The zero-order chi connectivity index (χ0) is 15.2. The van der Waals surface area contributed by atoms with Gasteiger partial charge >= 0.3 is 0 Å². The van der Waals surface area contributed by atoms with Crippen LogP contribution in [0.2, 0.25) is 0 Å². The Hall–Kier alpha value is -1.09. The molecule has 1 N–H and O–H groups in total. The second kappa shape index (κ2) is 7.79. The number of nitrogens with one attached hydrogen (secondary N) is 1. The number of benzene rings is 1. The lowest BCUT2D eigenvalue weighted by Gasteiger charge is -2.35. The van der Waals surface area contributed by atoms with Gasteiger partial charge in [-0.05, 0) is 30.4 Å². The average Bonchev–Trinajstić information content (AvgIpc) is 2.46. The van der Waals surface area contributed by atoms with Gasteiger partial charge in [-0.3, -0.25) is 0 Å². The van der Waals surface area contributed by atoms with Crippen LogP contribution in [-0.4, -0.2) is 19.1 Å². The van der Waals surface area contributed by atoms with E-state index >= 15 is 0 Å². The van der Waals surface area contributed by atoms with Crippen molar-refractivity contribution < 1.29 is 4.39 Å². The molecule has 21 heavy (non-hydrogen) atoms. The lowest BCUT2D eigenvalue weighted by Crippen LogP contribution is -2.35. The molecule has 3 heteroatoms. The highest BCUT2D eigenvalue weighted by atomic mass is 19.1. The van der Waals surface area contributed by atoms with Crippen LogP contribution in [0.5, 0.6) is 0 Å². The van der Waals surface area contributed by atoms with Crippen molar-refractivity contribution in [2.45, 2.75) is 59.0 Å². The summed E-state index contributed by atoms with van der Waals surface area (Å²) in [5.41, 5.74) is 1.90. The van der Waals surface area contributed by atoms with Crippen LogP contribution < -0.4 is 10.2 Å². The number of para-hydroxylation sites is 1. The fraction of sp³-hybridized carbons (Fsp3) is 0.667. The third kappa shape index (κ3) is 4.44. The first-order valence-electron chi connectivity index (χ1n) is 8.37. The number of nitrogens with zero attached hydrogens (tertiary/aromatic N) is 1. The summed E-state index contributed by atoms with van der Waals surface area (Å²) in [7, 11) is 0. The fourth-order valence-corrected chi connectivity index (χ4v) is 3.22. The lowest BCUT2D eigenvalue weighted by molar-refractivity contribution is 0.376. The van der Waals surface area contributed by atoms with Crippen molar-refractivity contribution >= 4 is 5.69 Å². The van der Waals surface area contributed by atoms with Crippen LogP contribution in [0.15, 0.2) is 18.2 Å². The van der Waals surface area contributed by atoms with Crippen molar-refractivity contribution in [3.05, 3.63) is 29.6 Å². The van der Waals surface area contributed by atoms with E-state index in [4.69, 9.17) is 0 Å². The Labute approximate surface area is 128 Å². The molecule has 0 spiro atoms. The quantitative estimate of drug-likeness (QED) is 0.839. The lowest BCUT2D eigenvalue weighted by atomic mass is 9.92. The minimum atomic E-state index is -0.0769. The van der Waals surface area contributed by atoms with E-state index < -0.39 is 0 Å². The third-order valence-corrected chi connectivity index (χ3v) is 4.40. The SMILES string of the molecule is CCCC1CCN(c2c(F)cccc2CNC(C)C)CC1. The van der Waals surface area contributed by atoms with E-state index in [1.807, 2.05) is 12.1 Å². The van der Waals surface area contributed by atoms with Crippen LogP contribution in [0.25, 0.3) is 0 Å². The second-order valence-electron chi connectivity index (χ2n) is 6.50. The van der Waals surface area contributed by atoms with E-state index in [1.165, 1.54) is 25.7 Å². The Bertz CT molecular complexity index is 437. The molecule has 1 fully saturated rings. The summed E-state index contributed by atoms with van der Waals surface area (Å²) in [5, 5.41) is 3.40. The Kier molecular flexibility index (Phi) is 6.04. The molecular weight excluding hydrogens is 263 g/mol. The second-order valence-corrected chi connectivity index (χ2v) is 6.50. The van der Waals surface area contributed by atoms with E-state index in [2.05, 4.69) is 31.0 Å². The van der Waals surface area contributed by atoms with Crippen molar-refractivity contribution in [2.75, 3.05) is 18.0 Å². The number of hydrogen-bond acceptors (Lipinski definition) is 2. The maximum Gasteiger partial charge on any atom is 0.146 e. The Morgan fingerprint density at radius 2 is 2.00 bits per heavy atom. The zero-order valence-corrected chi connectivity index (χ0v) is 13.7. The monoisotopic (exact) mass is 292 g/mol. The van der Waals surface area contributed by atoms with Crippen LogP contribution in [0.1, 0.15) is 52.0 Å². The van der Waals surface area contributed by atoms with Crippen LogP contribution in [-0.2, 0) is 6.54 Å². The number of rotatable bonds is 6. The molecular formula is C18H29FN2. The molecule has 2 rings (SSSR count). The number of piperidine rings is 1. The molecule has 1 aliphatic rings. The van der Waals surface area contributed by atoms with Crippen molar-refractivity contribution in [1.29, 1.82) is 0 Å². The minimum absolute atomic E-state index is 0.0769. The molecule has 1 aliphatic heterocycles. The predicted octanol–water partition coefficient (Wildman–Crippen LogP) is 4.34. The van der Waals surface area contributed by atoms with Gasteiger partial charge in [0, 0.05) is 25.7 Å². The summed E-state index contributed by atoms with van der Waals surface area (Å²) in [6.07, 6.45) is 4.96. The molecule has 0 atom stereocenters. The van der Waals surface area contributed by atoms with Crippen LogP contribution in [0.4, 0.5) is 10.1 Å². The topological polar surface area (TPSA) is 15.3 Å². The molecule has 2 nitrogen and oxygen atoms in total. The third-order valence-electron chi connectivity index (χ3n) is 4.40.